The van der Waals surface area contributed by atoms with Crippen LogP contribution in [0.3, 0.4) is 0 Å². The fourth-order valence-electron chi connectivity index (χ4n) is 2.68. The molecule has 1 aromatic carbocycles. The van der Waals surface area contributed by atoms with Crippen LogP contribution in [-0.2, 0) is 13.5 Å². The van der Waals surface area contributed by atoms with E-state index in [1.165, 1.54) is 18.4 Å². The number of hydrogen-bond donors (Lipinski definition) is 1. The van der Waals surface area contributed by atoms with Gasteiger partial charge in [-0.1, -0.05) is 28.1 Å². The summed E-state index contributed by atoms with van der Waals surface area (Å²) < 4.78 is 2.90. The average Bonchev–Trinajstić information content (AvgIpc) is 2.80. The lowest BCUT2D eigenvalue weighted by molar-refractivity contribution is 0.292. The highest BCUT2D eigenvalue weighted by Gasteiger charge is 2.29. The summed E-state index contributed by atoms with van der Waals surface area (Å²) in [6.07, 6.45) is 5.12. The lowest BCUT2D eigenvalue weighted by atomic mass is 9.76. The first-order chi connectivity index (χ1) is 9.70. The zero-order valence-electron chi connectivity index (χ0n) is 11.6. The minimum atomic E-state index is 0.646. The molecule has 1 aliphatic carbocycles. The standard InChI is InChI=1S/C15H19BrN4/c1-20-10-18-15(19-20)6-7-17-14-8-12(9-14)11-2-4-13(16)5-3-11/h2-5,10,12,14,17H,6-9H2,1H3. The molecule has 0 amide bonds. The van der Waals surface area contributed by atoms with Crippen LogP contribution in [0, 0.1) is 0 Å². The molecule has 4 nitrogen and oxygen atoms in total. The lowest BCUT2D eigenvalue weighted by Gasteiger charge is -2.36. The number of benzene rings is 1. The molecule has 0 unspecified atom stereocenters. The molecule has 0 atom stereocenters. The van der Waals surface area contributed by atoms with E-state index in [9.17, 15) is 0 Å². The van der Waals surface area contributed by atoms with E-state index in [1.54, 1.807) is 11.0 Å². The van der Waals surface area contributed by atoms with Gasteiger partial charge in [-0.25, -0.2) is 4.98 Å². The van der Waals surface area contributed by atoms with Gasteiger partial charge in [0.05, 0.1) is 0 Å². The first-order valence-electron chi connectivity index (χ1n) is 7.04. The minimum absolute atomic E-state index is 0.646. The van der Waals surface area contributed by atoms with Crippen molar-refractivity contribution in [3.05, 3.63) is 46.5 Å². The highest BCUT2D eigenvalue weighted by molar-refractivity contribution is 9.10. The molecule has 1 fully saturated rings. The topological polar surface area (TPSA) is 42.7 Å². The Kier molecular flexibility index (Phi) is 4.17. The van der Waals surface area contributed by atoms with Crippen molar-refractivity contribution >= 4 is 15.9 Å². The summed E-state index contributed by atoms with van der Waals surface area (Å²) in [6.45, 7) is 0.960. The van der Waals surface area contributed by atoms with Crippen LogP contribution in [0.2, 0.25) is 0 Å². The highest BCUT2D eigenvalue weighted by atomic mass is 79.9. The zero-order valence-corrected chi connectivity index (χ0v) is 13.2. The SMILES string of the molecule is Cn1cnc(CCNC2CC(c3ccc(Br)cc3)C2)n1. The minimum Gasteiger partial charge on any atom is -0.313 e. The molecule has 2 aromatic rings. The Balaban J connectivity index is 1.39. The summed E-state index contributed by atoms with van der Waals surface area (Å²) >= 11 is 3.48. The molecule has 0 spiro atoms. The third-order valence-electron chi connectivity index (χ3n) is 3.91. The smallest absolute Gasteiger partial charge is 0.151 e. The van der Waals surface area contributed by atoms with Gasteiger partial charge in [0.2, 0.25) is 0 Å². The molecule has 3 rings (SSSR count). The first-order valence-corrected chi connectivity index (χ1v) is 7.83. The molecular formula is C15H19BrN4. The van der Waals surface area contributed by atoms with Crippen molar-refractivity contribution in [3.63, 3.8) is 0 Å². The second kappa shape index (κ2) is 6.06. The number of halogens is 1. The van der Waals surface area contributed by atoms with Gasteiger partial charge >= 0.3 is 0 Å². The second-order valence-electron chi connectivity index (χ2n) is 5.46. The van der Waals surface area contributed by atoms with Gasteiger partial charge in [0, 0.05) is 30.5 Å². The largest absolute Gasteiger partial charge is 0.313 e. The van der Waals surface area contributed by atoms with Crippen molar-refractivity contribution in [2.24, 2.45) is 7.05 Å². The summed E-state index contributed by atoms with van der Waals surface area (Å²) in [4.78, 5) is 4.23. The summed E-state index contributed by atoms with van der Waals surface area (Å²) in [7, 11) is 1.90. The Bertz CT molecular complexity index is 558. The third kappa shape index (κ3) is 3.27. The summed E-state index contributed by atoms with van der Waals surface area (Å²) in [5.74, 6) is 1.64. The lowest BCUT2D eigenvalue weighted by Crippen LogP contribution is -2.41. The molecular weight excluding hydrogens is 316 g/mol. The van der Waals surface area contributed by atoms with E-state index >= 15 is 0 Å². The number of aromatic nitrogens is 3. The van der Waals surface area contributed by atoms with Gasteiger partial charge in [-0.15, -0.1) is 0 Å². The van der Waals surface area contributed by atoms with E-state index in [0.717, 1.165) is 23.3 Å². The fraction of sp³-hybridized carbons (Fsp3) is 0.467. The van der Waals surface area contributed by atoms with Gasteiger partial charge < -0.3 is 5.32 Å². The van der Waals surface area contributed by atoms with Crippen LogP contribution < -0.4 is 5.32 Å². The van der Waals surface area contributed by atoms with Gasteiger partial charge in [0.1, 0.15) is 6.33 Å². The van der Waals surface area contributed by atoms with Crippen LogP contribution in [0.1, 0.15) is 30.1 Å². The molecule has 1 heterocycles. The Morgan fingerprint density at radius 2 is 2.05 bits per heavy atom. The maximum Gasteiger partial charge on any atom is 0.151 e. The Hall–Kier alpha value is -1.20. The number of rotatable bonds is 5. The monoisotopic (exact) mass is 334 g/mol. The molecule has 0 bridgehead atoms. The molecule has 1 saturated carbocycles. The average molecular weight is 335 g/mol. The molecule has 1 aromatic heterocycles. The van der Waals surface area contributed by atoms with Crippen LogP contribution in [0.4, 0.5) is 0 Å². The van der Waals surface area contributed by atoms with E-state index in [2.05, 4.69) is 55.6 Å². The molecule has 0 radical (unpaired) electrons. The van der Waals surface area contributed by atoms with Gasteiger partial charge in [-0.2, -0.15) is 5.10 Å². The zero-order chi connectivity index (χ0) is 13.9. The molecule has 1 aliphatic rings. The number of nitrogens with zero attached hydrogens (tertiary/aromatic N) is 3. The predicted molar refractivity (Wildman–Crippen MR) is 82.6 cm³/mol. The van der Waals surface area contributed by atoms with Crippen molar-refractivity contribution in [3.8, 4) is 0 Å². The fourth-order valence-corrected chi connectivity index (χ4v) is 2.94. The van der Waals surface area contributed by atoms with E-state index in [4.69, 9.17) is 0 Å². The van der Waals surface area contributed by atoms with Crippen LogP contribution in [0.25, 0.3) is 0 Å². The highest BCUT2D eigenvalue weighted by Crippen LogP contribution is 2.37. The van der Waals surface area contributed by atoms with Crippen molar-refractivity contribution < 1.29 is 0 Å². The molecule has 20 heavy (non-hydrogen) atoms. The van der Waals surface area contributed by atoms with E-state index in [-0.39, 0.29) is 0 Å². The number of nitrogens with one attached hydrogen (secondary N) is 1. The Labute approximate surface area is 127 Å². The van der Waals surface area contributed by atoms with Crippen molar-refractivity contribution in [2.75, 3.05) is 6.54 Å². The Morgan fingerprint density at radius 3 is 2.70 bits per heavy atom. The quantitative estimate of drug-likeness (QED) is 0.914. The van der Waals surface area contributed by atoms with Gasteiger partial charge in [0.25, 0.3) is 0 Å². The first kappa shape index (κ1) is 13.8. The van der Waals surface area contributed by atoms with E-state index < -0.39 is 0 Å². The summed E-state index contributed by atoms with van der Waals surface area (Å²) in [6, 6.07) is 9.35. The van der Waals surface area contributed by atoms with Crippen molar-refractivity contribution in [2.45, 2.75) is 31.2 Å². The van der Waals surface area contributed by atoms with Gasteiger partial charge in [-0.05, 0) is 36.5 Å². The molecule has 5 heteroatoms. The molecule has 1 N–H and O–H groups in total. The van der Waals surface area contributed by atoms with Crippen molar-refractivity contribution in [1.29, 1.82) is 0 Å². The van der Waals surface area contributed by atoms with Crippen LogP contribution in [0.5, 0.6) is 0 Å². The second-order valence-corrected chi connectivity index (χ2v) is 6.37. The molecule has 0 aliphatic heterocycles. The predicted octanol–water partition coefficient (Wildman–Crippen LogP) is 2.66. The van der Waals surface area contributed by atoms with E-state index in [0.29, 0.717) is 12.0 Å². The van der Waals surface area contributed by atoms with Crippen molar-refractivity contribution in [1.82, 2.24) is 20.1 Å². The van der Waals surface area contributed by atoms with Crippen LogP contribution in [0.15, 0.2) is 35.1 Å². The third-order valence-corrected chi connectivity index (χ3v) is 4.44. The normalized spacial score (nSPS) is 21.7. The summed E-state index contributed by atoms with van der Waals surface area (Å²) in [5, 5.41) is 7.87. The van der Waals surface area contributed by atoms with Gasteiger partial charge in [-0.3, -0.25) is 4.68 Å². The number of aryl methyl sites for hydroxylation is 1. The Morgan fingerprint density at radius 1 is 1.30 bits per heavy atom. The number of hydrogen-bond acceptors (Lipinski definition) is 3. The molecule has 0 saturated heterocycles. The van der Waals surface area contributed by atoms with Crippen LogP contribution >= 0.6 is 15.9 Å². The summed E-state index contributed by atoms with van der Waals surface area (Å²) in [5.41, 5.74) is 1.46. The molecule has 106 valence electrons. The maximum atomic E-state index is 4.28. The van der Waals surface area contributed by atoms with Gasteiger partial charge in [0.15, 0.2) is 5.82 Å². The van der Waals surface area contributed by atoms with Crippen LogP contribution in [-0.4, -0.2) is 27.4 Å². The van der Waals surface area contributed by atoms with E-state index in [1.807, 2.05) is 7.05 Å². The maximum absolute atomic E-state index is 4.28.